The van der Waals surface area contributed by atoms with E-state index in [9.17, 15) is 9.59 Å². The second-order valence-electron chi connectivity index (χ2n) is 4.29. The number of halogens is 1. The van der Waals surface area contributed by atoms with E-state index in [0.717, 1.165) is 0 Å². The predicted molar refractivity (Wildman–Crippen MR) is 77.6 cm³/mol. The number of amides is 2. The zero-order valence-corrected chi connectivity index (χ0v) is 11.8. The quantitative estimate of drug-likeness (QED) is 0.696. The highest BCUT2D eigenvalue weighted by molar-refractivity contribution is 6.33. The lowest BCUT2D eigenvalue weighted by molar-refractivity contribution is 0.0697. The number of carboxylic acids is 1. The molecule has 0 spiro atoms. The van der Waals surface area contributed by atoms with Crippen LogP contribution in [-0.2, 0) is 0 Å². The summed E-state index contributed by atoms with van der Waals surface area (Å²) in [7, 11) is 0. The molecule has 4 N–H and O–H groups in total. The summed E-state index contributed by atoms with van der Waals surface area (Å²) in [6.07, 6.45) is 3.23. The third-order valence-corrected chi connectivity index (χ3v) is 3.07. The molecule has 0 fully saturated rings. The molecule has 0 aliphatic carbocycles. The second kappa shape index (κ2) is 6.27. The third kappa shape index (κ3) is 3.73. The van der Waals surface area contributed by atoms with E-state index in [1.165, 1.54) is 18.2 Å². The fraction of sp³-hybridized carbons (Fsp3) is 0.154. The largest absolute Gasteiger partial charge is 0.478 e. The monoisotopic (exact) mass is 308 g/mol. The molecule has 7 nitrogen and oxygen atoms in total. The van der Waals surface area contributed by atoms with Gasteiger partial charge in [-0.15, -0.1) is 0 Å². The van der Waals surface area contributed by atoms with E-state index in [4.69, 9.17) is 16.7 Å². The van der Waals surface area contributed by atoms with E-state index in [0.29, 0.717) is 5.82 Å². The molecule has 2 aromatic rings. The summed E-state index contributed by atoms with van der Waals surface area (Å²) in [5.74, 6) is -0.491. The molecule has 2 amide bonds. The van der Waals surface area contributed by atoms with Gasteiger partial charge in [0.05, 0.1) is 22.3 Å². The predicted octanol–water partition coefficient (Wildman–Crippen LogP) is 2.64. The number of aromatic amines is 1. The van der Waals surface area contributed by atoms with Gasteiger partial charge in [-0.25, -0.2) is 14.6 Å². The van der Waals surface area contributed by atoms with Gasteiger partial charge in [-0.2, -0.15) is 0 Å². The summed E-state index contributed by atoms with van der Waals surface area (Å²) in [5.41, 5.74) is 0.259. The number of benzene rings is 1. The van der Waals surface area contributed by atoms with Gasteiger partial charge in [0.15, 0.2) is 0 Å². The first kappa shape index (κ1) is 14.9. The van der Waals surface area contributed by atoms with Crippen molar-refractivity contribution in [3.8, 4) is 0 Å². The van der Waals surface area contributed by atoms with Crippen LogP contribution < -0.4 is 10.6 Å². The topological polar surface area (TPSA) is 107 Å². The molecular weight excluding hydrogens is 296 g/mol. The zero-order chi connectivity index (χ0) is 15.4. The molecule has 110 valence electrons. The normalized spacial score (nSPS) is 11.7. The highest BCUT2D eigenvalue weighted by Crippen LogP contribution is 2.23. The van der Waals surface area contributed by atoms with Crippen LogP contribution in [0, 0.1) is 0 Å². The molecule has 2 rings (SSSR count). The average molecular weight is 309 g/mol. The Morgan fingerprint density at radius 2 is 2.19 bits per heavy atom. The van der Waals surface area contributed by atoms with Crippen LogP contribution in [0.15, 0.2) is 30.6 Å². The average Bonchev–Trinajstić information content (AvgIpc) is 2.95. The van der Waals surface area contributed by atoms with E-state index >= 15 is 0 Å². The Bertz CT molecular complexity index is 657. The minimum Gasteiger partial charge on any atom is -0.478 e. The number of aromatic carboxylic acids is 1. The lowest BCUT2D eigenvalue weighted by atomic mass is 10.2. The number of carboxylic acid groups (broad SMARTS) is 1. The first-order valence-electron chi connectivity index (χ1n) is 6.07. The Morgan fingerprint density at radius 1 is 1.43 bits per heavy atom. The number of rotatable bonds is 4. The van der Waals surface area contributed by atoms with Crippen LogP contribution in [0.2, 0.25) is 5.02 Å². The first-order chi connectivity index (χ1) is 9.97. The lowest BCUT2D eigenvalue weighted by Gasteiger charge is -2.13. The Morgan fingerprint density at radius 3 is 2.81 bits per heavy atom. The molecule has 0 aliphatic rings. The van der Waals surface area contributed by atoms with Crippen molar-refractivity contribution in [1.29, 1.82) is 0 Å². The molecule has 21 heavy (non-hydrogen) atoms. The summed E-state index contributed by atoms with van der Waals surface area (Å²) in [4.78, 5) is 29.7. The van der Waals surface area contributed by atoms with Crippen molar-refractivity contribution in [3.05, 3.63) is 47.0 Å². The van der Waals surface area contributed by atoms with Crippen molar-refractivity contribution in [2.45, 2.75) is 13.0 Å². The lowest BCUT2D eigenvalue weighted by Crippen LogP contribution is -2.31. The van der Waals surface area contributed by atoms with E-state index in [-0.39, 0.29) is 22.3 Å². The van der Waals surface area contributed by atoms with Crippen molar-refractivity contribution >= 4 is 29.3 Å². The van der Waals surface area contributed by atoms with E-state index in [2.05, 4.69) is 20.6 Å². The number of carbonyl (C=O) groups is 2. The van der Waals surface area contributed by atoms with Crippen LogP contribution in [0.3, 0.4) is 0 Å². The van der Waals surface area contributed by atoms with Gasteiger partial charge in [-0.05, 0) is 25.1 Å². The molecule has 8 heteroatoms. The highest BCUT2D eigenvalue weighted by atomic mass is 35.5. The van der Waals surface area contributed by atoms with Crippen molar-refractivity contribution in [2.24, 2.45) is 0 Å². The highest BCUT2D eigenvalue weighted by Gasteiger charge is 2.13. The Hall–Kier alpha value is -2.54. The molecule has 0 bridgehead atoms. The maximum Gasteiger partial charge on any atom is 0.335 e. The molecule has 1 aromatic carbocycles. The maximum atomic E-state index is 11.9. The van der Waals surface area contributed by atoms with Crippen LogP contribution in [0.5, 0.6) is 0 Å². The number of carbonyl (C=O) groups excluding carboxylic acids is 1. The smallest absolute Gasteiger partial charge is 0.335 e. The van der Waals surface area contributed by atoms with Crippen LogP contribution in [0.4, 0.5) is 10.5 Å². The molecule has 0 radical (unpaired) electrons. The number of hydrogen-bond acceptors (Lipinski definition) is 3. The van der Waals surface area contributed by atoms with Gasteiger partial charge in [0, 0.05) is 12.4 Å². The van der Waals surface area contributed by atoms with Crippen LogP contribution in [0.25, 0.3) is 0 Å². The Labute approximate surface area is 125 Å². The number of hydrogen-bond donors (Lipinski definition) is 4. The molecule has 1 aromatic heterocycles. The fourth-order valence-corrected chi connectivity index (χ4v) is 1.86. The fourth-order valence-electron chi connectivity index (χ4n) is 1.69. The Balaban J connectivity index is 2.05. The number of urea groups is 1. The van der Waals surface area contributed by atoms with Crippen molar-refractivity contribution in [3.63, 3.8) is 0 Å². The summed E-state index contributed by atoms with van der Waals surface area (Å²) >= 11 is 5.93. The van der Waals surface area contributed by atoms with Crippen molar-refractivity contribution < 1.29 is 14.7 Å². The number of aromatic nitrogens is 2. The molecule has 1 atom stereocenters. The van der Waals surface area contributed by atoms with Crippen LogP contribution in [-0.4, -0.2) is 27.1 Å². The molecule has 0 saturated heterocycles. The van der Waals surface area contributed by atoms with Crippen LogP contribution in [0.1, 0.15) is 29.1 Å². The van der Waals surface area contributed by atoms with Gasteiger partial charge in [0.1, 0.15) is 5.82 Å². The van der Waals surface area contributed by atoms with E-state index in [1.807, 2.05) is 0 Å². The van der Waals surface area contributed by atoms with E-state index < -0.39 is 12.0 Å². The van der Waals surface area contributed by atoms with Gasteiger partial charge in [0.25, 0.3) is 0 Å². The SMILES string of the molecule is CC(NC(=O)Nc1cc(C(=O)O)ccc1Cl)c1ncc[nH]1. The van der Waals surface area contributed by atoms with E-state index in [1.54, 1.807) is 19.3 Å². The molecular formula is C13H13ClN4O3. The number of nitrogens with one attached hydrogen (secondary N) is 3. The summed E-state index contributed by atoms with van der Waals surface area (Å²) in [6, 6.07) is 3.22. The van der Waals surface area contributed by atoms with Gasteiger partial charge >= 0.3 is 12.0 Å². The molecule has 0 aliphatic heterocycles. The van der Waals surface area contributed by atoms with Gasteiger partial charge in [-0.3, -0.25) is 0 Å². The summed E-state index contributed by atoms with van der Waals surface area (Å²) in [5, 5.41) is 14.3. The molecule has 0 saturated carbocycles. The minimum atomic E-state index is -1.10. The van der Waals surface area contributed by atoms with Gasteiger partial charge in [-0.1, -0.05) is 11.6 Å². The third-order valence-electron chi connectivity index (χ3n) is 2.74. The van der Waals surface area contributed by atoms with Crippen LogP contribution >= 0.6 is 11.6 Å². The summed E-state index contributed by atoms with van der Waals surface area (Å²) in [6.45, 7) is 1.76. The number of imidazole rings is 1. The van der Waals surface area contributed by atoms with Crippen molar-refractivity contribution in [1.82, 2.24) is 15.3 Å². The van der Waals surface area contributed by atoms with Gasteiger partial charge < -0.3 is 20.7 Å². The molecule has 1 unspecified atom stereocenters. The molecule has 1 heterocycles. The number of H-pyrrole nitrogens is 1. The summed E-state index contributed by atoms with van der Waals surface area (Å²) < 4.78 is 0. The van der Waals surface area contributed by atoms with Gasteiger partial charge in [0.2, 0.25) is 0 Å². The Kier molecular flexibility index (Phi) is 4.44. The number of nitrogens with zero attached hydrogens (tertiary/aromatic N) is 1. The maximum absolute atomic E-state index is 11.9. The standard InChI is InChI=1S/C13H13ClN4O3/c1-7(11-15-4-5-16-11)17-13(21)18-10-6-8(12(19)20)2-3-9(10)14/h2-7H,1H3,(H,15,16)(H,19,20)(H2,17,18,21). The number of anilines is 1. The minimum absolute atomic E-state index is 0.0359. The zero-order valence-electron chi connectivity index (χ0n) is 11.1. The second-order valence-corrected chi connectivity index (χ2v) is 4.70. The first-order valence-corrected chi connectivity index (χ1v) is 6.45. The van der Waals surface area contributed by atoms with Crippen molar-refractivity contribution in [2.75, 3.05) is 5.32 Å².